The van der Waals surface area contributed by atoms with Gasteiger partial charge in [0.15, 0.2) is 0 Å². The number of hydrogen-bond acceptors (Lipinski definition) is 3. The molecule has 0 fully saturated rings. The van der Waals surface area contributed by atoms with E-state index in [4.69, 9.17) is 0 Å². The minimum atomic E-state index is 0.918. The van der Waals surface area contributed by atoms with Crippen molar-refractivity contribution in [1.29, 1.82) is 0 Å². The van der Waals surface area contributed by atoms with Gasteiger partial charge in [0.05, 0.1) is 3.79 Å². The van der Waals surface area contributed by atoms with Crippen LogP contribution in [0.5, 0.6) is 0 Å². The molecule has 0 aliphatic rings. The molecule has 2 rings (SSSR count). The van der Waals surface area contributed by atoms with Crippen molar-refractivity contribution in [3.8, 4) is 0 Å². The van der Waals surface area contributed by atoms with E-state index in [1.54, 1.807) is 11.3 Å². The molecular formula is C17H23BrN2S. The smallest absolute Gasteiger partial charge is 0.0701 e. The Hall–Kier alpha value is -0.680. The van der Waals surface area contributed by atoms with E-state index in [1.165, 1.54) is 20.5 Å². The molecular weight excluding hydrogens is 344 g/mol. The summed E-state index contributed by atoms with van der Waals surface area (Å²) < 4.78 is 1.20. The van der Waals surface area contributed by atoms with Gasteiger partial charge in [-0.3, -0.25) is 4.90 Å². The van der Waals surface area contributed by atoms with Crippen LogP contribution < -0.4 is 5.32 Å². The fourth-order valence-electron chi connectivity index (χ4n) is 2.35. The molecule has 0 atom stereocenters. The lowest BCUT2D eigenvalue weighted by Crippen LogP contribution is -2.23. The van der Waals surface area contributed by atoms with Crippen molar-refractivity contribution in [3.05, 3.63) is 56.2 Å². The standard InChI is InChI=1S/C17H23BrN2S/c1-3-20(4-2)12-16-8-6-5-7-15(16)11-19-10-14-9-17(18)21-13-14/h5-9,13,19H,3-4,10-12H2,1-2H3. The Bertz CT molecular complexity index is 549. The molecule has 2 aromatic rings. The highest BCUT2D eigenvalue weighted by Gasteiger charge is 2.06. The van der Waals surface area contributed by atoms with Crippen LogP contribution in [0.25, 0.3) is 0 Å². The summed E-state index contributed by atoms with van der Waals surface area (Å²) in [4.78, 5) is 2.45. The van der Waals surface area contributed by atoms with Crippen LogP contribution in [0.2, 0.25) is 0 Å². The summed E-state index contributed by atoms with van der Waals surface area (Å²) in [5.74, 6) is 0. The first-order chi connectivity index (χ1) is 10.2. The molecule has 0 saturated carbocycles. The maximum atomic E-state index is 3.55. The fraction of sp³-hybridized carbons (Fsp3) is 0.412. The lowest BCUT2D eigenvalue weighted by molar-refractivity contribution is 0.294. The van der Waals surface area contributed by atoms with Crippen LogP contribution >= 0.6 is 27.3 Å². The van der Waals surface area contributed by atoms with Gasteiger partial charge in [0.25, 0.3) is 0 Å². The van der Waals surface area contributed by atoms with Gasteiger partial charge in [0, 0.05) is 19.6 Å². The molecule has 0 bridgehead atoms. The predicted octanol–water partition coefficient (Wildman–Crippen LogP) is 4.64. The summed E-state index contributed by atoms with van der Waals surface area (Å²) in [6.45, 7) is 9.52. The maximum absolute atomic E-state index is 3.55. The SMILES string of the molecule is CCN(CC)Cc1ccccc1CNCc1csc(Br)c1. The van der Waals surface area contributed by atoms with E-state index >= 15 is 0 Å². The van der Waals surface area contributed by atoms with Crippen LogP contribution in [-0.4, -0.2) is 18.0 Å². The molecule has 0 radical (unpaired) electrons. The van der Waals surface area contributed by atoms with Gasteiger partial charge in [-0.2, -0.15) is 0 Å². The first kappa shape index (κ1) is 16.7. The topological polar surface area (TPSA) is 15.3 Å². The van der Waals surface area contributed by atoms with Crippen LogP contribution in [0.3, 0.4) is 0 Å². The highest BCUT2D eigenvalue weighted by molar-refractivity contribution is 9.11. The van der Waals surface area contributed by atoms with Crippen LogP contribution in [0.1, 0.15) is 30.5 Å². The molecule has 21 heavy (non-hydrogen) atoms. The lowest BCUT2D eigenvalue weighted by Gasteiger charge is -2.20. The summed E-state index contributed by atoms with van der Waals surface area (Å²) in [6.07, 6.45) is 0. The molecule has 1 heterocycles. The number of nitrogens with one attached hydrogen (secondary N) is 1. The molecule has 2 nitrogen and oxygen atoms in total. The van der Waals surface area contributed by atoms with E-state index in [-0.39, 0.29) is 0 Å². The average Bonchev–Trinajstić information content (AvgIpc) is 2.91. The van der Waals surface area contributed by atoms with Gasteiger partial charge in [-0.05, 0) is 57.2 Å². The molecule has 1 aromatic carbocycles. The van der Waals surface area contributed by atoms with Crippen molar-refractivity contribution in [2.24, 2.45) is 0 Å². The van der Waals surface area contributed by atoms with Crippen LogP contribution in [0, 0.1) is 0 Å². The number of halogens is 1. The van der Waals surface area contributed by atoms with Crippen LogP contribution in [0.4, 0.5) is 0 Å². The van der Waals surface area contributed by atoms with E-state index in [1.807, 2.05) is 0 Å². The highest BCUT2D eigenvalue weighted by atomic mass is 79.9. The second-order valence-corrected chi connectivity index (χ2v) is 7.38. The van der Waals surface area contributed by atoms with Crippen molar-refractivity contribution in [2.45, 2.75) is 33.5 Å². The first-order valence-corrected chi connectivity index (χ1v) is 9.13. The zero-order valence-electron chi connectivity index (χ0n) is 12.7. The number of rotatable bonds is 8. The largest absolute Gasteiger partial charge is 0.309 e. The van der Waals surface area contributed by atoms with Gasteiger partial charge >= 0.3 is 0 Å². The zero-order chi connectivity index (χ0) is 15.1. The first-order valence-electron chi connectivity index (χ1n) is 7.45. The van der Waals surface area contributed by atoms with Crippen molar-refractivity contribution in [1.82, 2.24) is 10.2 Å². The number of benzene rings is 1. The molecule has 0 unspecified atom stereocenters. The minimum absolute atomic E-state index is 0.918. The van der Waals surface area contributed by atoms with Gasteiger partial charge in [-0.1, -0.05) is 38.1 Å². The molecule has 114 valence electrons. The minimum Gasteiger partial charge on any atom is -0.309 e. The summed E-state index contributed by atoms with van der Waals surface area (Å²) in [7, 11) is 0. The molecule has 1 N–H and O–H groups in total. The molecule has 1 aromatic heterocycles. The number of nitrogens with zero attached hydrogens (tertiary/aromatic N) is 1. The summed E-state index contributed by atoms with van der Waals surface area (Å²) in [5, 5.41) is 5.74. The van der Waals surface area contributed by atoms with E-state index in [0.29, 0.717) is 0 Å². The lowest BCUT2D eigenvalue weighted by atomic mass is 10.1. The second kappa shape index (κ2) is 8.69. The fourth-order valence-corrected chi connectivity index (χ4v) is 3.56. The van der Waals surface area contributed by atoms with Crippen molar-refractivity contribution >= 4 is 27.3 Å². The predicted molar refractivity (Wildman–Crippen MR) is 95.6 cm³/mol. The quantitative estimate of drug-likeness (QED) is 0.731. The van der Waals surface area contributed by atoms with Gasteiger partial charge in [-0.15, -0.1) is 11.3 Å². The third kappa shape index (κ3) is 5.22. The molecule has 4 heteroatoms. The maximum Gasteiger partial charge on any atom is 0.0701 e. The third-order valence-corrected chi connectivity index (χ3v) is 5.23. The Labute approximate surface area is 140 Å². The van der Waals surface area contributed by atoms with E-state index in [9.17, 15) is 0 Å². The summed E-state index contributed by atoms with van der Waals surface area (Å²) in [6, 6.07) is 10.9. The normalized spacial score (nSPS) is 11.2. The highest BCUT2D eigenvalue weighted by Crippen LogP contribution is 2.20. The van der Waals surface area contributed by atoms with Gasteiger partial charge < -0.3 is 5.32 Å². The Kier molecular flexibility index (Phi) is 6.90. The molecule has 0 saturated heterocycles. The van der Waals surface area contributed by atoms with Gasteiger partial charge in [0.2, 0.25) is 0 Å². The average molecular weight is 367 g/mol. The van der Waals surface area contributed by atoms with Crippen molar-refractivity contribution in [3.63, 3.8) is 0 Å². The van der Waals surface area contributed by atoms with Gasteiger partial charge in [-0.25, -0.2) is 0 Å². The third-order valence-electron chi connectivity index (χ3n) is 3.67. The van der Waals surface area contributed by atoms with E-state index < -0.39 is 0 Å². The molecule has 0 spiro atoms. The van der Waals surface area contributed by atoms with E-state index in [0.717, 1.165) is 32.7 Å². The zero-order valence-corrected chi connectivity index (χ0v) is 15.1. The van der Waals surface area contributed by atoms with Gasteiger partial charge in [0.1, 0.15) is 0 Å². The Morgan fingerprint density at radius 1 is 1.10 bits per heavy atom. The van der Waals surface area contributed by atoms with Crippen molar-refractivity contribution < 1.29 is 0 Å². The molecule has 0 amide bonds. The molecule has 0 aliphatic heterocycles. The monoisotopic (exact) mass is 366 g/mol. The Balaban J connectivity index is 1.93. The van der Waals surface area contributed by atoms with Crippen molar-refractivity contribution in [2.75, 3.05) is 13.1 Å². The van der Waals surface area contributed by atoms with E-state index in [2.05, 4.69) is 75.7 Å². The molecule has 0 aliphatic carbocycles. The second-order valence-electron chi connectivity index (χ2n) is 5.09. The number of hydrogen-bond donors (Lipinski definition) is 1. The van der Waals surface area contributed by atoms with Crippen LogP contribution in [-0.2, 0) is 19.6 Å². The van der Waals surface area contributed by atoms with Crippen LogP contribution in [0.15, 0.2) is 39.5 Å². The number of thiophene rings is 1. The Morgan fingerprint density at radius 2 is 1.81 bits per heavy atom. The Morgan fingerprint density at radius 3 is 2.43 bits per heavy atom. The summed E-state index contributed by atoms with van der Waals surface area (Å²) >= 11 is 5.25. The summed E-state index contributed by atoms with van der Waals surface area (Å²) in [5.41, 5.74) is 4.17.